The molecule has 0 aliphatic heterocycles. The molecule has 0 aromatic rings. The van der Waals surface area contributed by atoms with Crippen LogP contribution in [0.3, 0.4) is 0 Å². The Morgan fingerprint density at radius 1 is 1.05 bits per heavy atom. The van der Waals surface area contributed by atoms with Crippen LogP contribution in [0.25, 0.3) is 0 Å². The fourth-order valence-corrected chi connectivity index (χ4v) is 3.76. The van der Waals surface area contributed by atoms with E-state index < -0.39 is 25.8 Å². The van der Waals surface area contributed by atoms with Crippen LogP contribution in [0.15, 0.2) is 0 Å². The van der Waals surface area contributed by atoms with E-state index in [0.717, 1.165) is 19.3 Å². The lowest BCUT2D eigenvalue weighted by Crippen LogP contribution is -2.41. The SMILES string of the molecule is O=S(=O)(NS(=O)(=O)C(F)(F)F)OCC1CCCCC1. The van der Waals surface area contributed by atoms with Crippen molar-refractivity contribution < 1.29 is 34.2 Å². The number of rotatable bonds is 5. The van der Waals surface area contributed by atoms with Gasteiger partial charge in [-0.25, -0.2) is 8.42 Å². The van der Waals surface area contributed by atoms with E-state index in [1.54, 1.807) is 0 Å². The lowest BCUT2D eigenvalue weighted by Gasteiger charge is -2.21. The molecule has 0 unspecified atom stereocenters. The molecule has 0 aromatic carbocycles. The minimum Gasteiger partial charge on any atom is -0.257 e. The summed E-state index contributed by atoms with van der Waals surface area (Å²) in [6, 6.07) is 0. The number of nitrogens with one attached hydrogen (secondary N) is 1. The van der Waals surface area contributed by atoms with Gasteiger partial charge < -0.3 is 0 Å². The zero-order valence-electron chi connectivity index (χ0n) is 9.81. The van der Waals surface area contributed by atoms with Gasteiger partial charge in [0.2, 0.25) is 0 Å². The van der Waals surface area contributed by atoms with Crippen LogP contribution < -0.4 is 4.13 Å². The maximum atomic E-state index is 12.0. The van der Waals surface area contributed by atoms with Crippen molar-refractivity contribution in [1.29, 1.82) is 0 Å². The van der Waals surface area contributed by atoms with Gasteiger partial charge in [-0.05, 0) is 18.8 Å². The van der Waals surface area contributed by atoms with Crippen LogP contribution in [0, 0.1) is 5.92 Å². The van der Waals surface area contributed by atoms with Crippen LogP contribution in [0.2, 0.25) is 0 Å². The van der Waals surface area contributed by atoms with Gasteiger partial charge in [-0.3, -0.25) is 4.18 Å². The number of halogens is 3. The second kappa shape index (κ2) is 5.94. The van der Waals surface area contributed by atoms with Gasteiger partial charge in [0.05, 0.1) is 6.61 Å². The minimum absolute atomic E-state index is 0.0843. The summed E-state index contributed by atoms with van der Waals surface area (Å²) in [6.07, 6.45) is 4.22. The van der Waals surface area contributed by atoms with E-state index >= 15 is 0 Å². The first-order valence-electron chi connectivity index (χ1n) is 5.53. The van der Waals surface area contributed by atoms with E-state index in [9.17, 15) is 30.0 Å². The zero-order valence-corrected chi connectivity index (χ0v) is 11.4. The largest absolute Gasteiger partial charge is 0.512 e. The van der Waals surface area contributed by atoms with Crippen molar-refractivity contribution in [2.45, 2.75) is 37.6 Å². The molecule has 0 bridgehead atoms. The molecule has 0 radical (unpaired) electrons. The molecule has 11 heteroatoms. The standard InChI is InChI=1S/C8H14F3NO5S2/c9-8(10,11)18(13,14)12-19(15,16)17-6-7-4-2-1-3-5-7/h7,12H,1-6H2. The number of alkyl halides is 3. The number of hydrogen-bond donors (Lipinski definition) is 1. The van der Waals surface area contributed by atoms with E-state index in [1.807, 2.05) is 0 Å². The Kier molecular flexibility index (Phi) is 5.21. The summed E-state index contributed by atoms with van der Waals surface area (Å²) in [5, 5.41) is 0. The third-order valence-electron chi connectivity index (χ3n) is 2.70. The molecule has 1 fully saturated rings. The van der Waals surface area contributed by atoms with Gasteiger partial charge in [0, 0.05) is 0 Å². The Morgan fingerprint density at radius 3 is 2.05 bits per heavy atom. The Morgan fingerprint density at radius 2 is 1.58 bits per heavy atom. The third-order valence-corrected chi connectivity index (χ3v) is 5.45. The summed E-state index contributed by atoms with van der Waals surface area (Å²) in [5.41, 5.74) is -5.70. The first kappa shape index (κ1) is 16.7. The summed E-state index contributed by atoms with van der Waals surface area (Å²) < 4.78 is 84.2. The molecule has 0 heterocycles. The Balaban J connectivity index is 2.57. The normalized spacial score (nSPS) is 19.5. The Labute approximate surface area is 109 Å². The fourth-order valence-electron chi connectivity index (χ4n) is 1.75. The molecule has 1 rings (SSSR count). The summed E-state index contributed by atoms with van der Waals surface area (Å²) in [5.74, 6) is -0.0843. The Bertz CT molecular complexity index is 493. The van der Waals surface area contributed by atoms with E-state index in [2.05, 4.69) is 4.18 Å². The highest BCUT2D eigenvalue weighted by molar-refractivity contribution is 8.03. The summed E-state index contributed by atoms with van der Waals surface area (Å²) in [7, 11) is -11.0. The highest BCUT2D eigenvalue weighted by atomic mass is 32.3. The molecular weight excluding hydrogens is 311 g/mol. The molecule has 19 heavy (non-hydrogen) atoms. The molecule has 1 aliphatic rings. The second-order valence-electron chi connectivity index (χ2n) is 4.28. The van der Waals surface area contributed by atoms with E-state index in [-0.39, 0.29) is 12.5 Å². The van der Waals surface area contributed by atoms with Crippen molar-refractivity contribution >= 4 is 20.3 Å². The number of sulfonamides is 1. The number of hydrogen-bond acceptors (Lipinski definition) is 5. The van der Waals surface area contributed by atoms with Gasteiger partial charge in [0.1, 0.15) is 0 Å². The molecule has 0 spiro atoms. The maximum Gasteiger partial charge on any atom is 0.512 e. The summed E-state index contributed by atoms with van der Waals surface area (Å²) >= 11 is 0. The molecule has 0 amide bonds. The smallest absolute Gasteiger partial charge is 0.257 e. The highest BCUT2D eigenvalue weighted by Gasteiger charge is 2.48. The highest BCUT2D eigenvalue weighted by Crippen LogP contribution is 2.25. The van der Waals surface area contributed by atoms with E-state index in [4.69, 9.17) is 0 Å². The molecular formula is C8H14F3NO5S2. The maximum absolute atomic E-state index is 12.0. The third kappa shape index (κ3) is 5.24. The predicted molar refractivity (Wildman–Crippen MR) is 59.6 cm³/mol. The van der Waals surface area contributed by atoms with Crippen LogP contribution in [-0.2, 0) is 24.5 Å². The van der Waals surface area contributed by atoms with Crippen molar-refractivity contribution in [2.24, 2.45) is 5.92 Å². The van der Waals surface area contributed by atoms with Crippen LogP contribution in [0.4, 0.5) is 13.2 Å². The molecule has 1 saturated carbocycles. The average molecular weight is 325 g/mol. The van der Waals surface area contributed by atoms with Gasteiger partial charge in [0.25, 0.3) is 0 Å². The second-order valence-corrected chi connectivity index (χ2v) is 7.56. The van der Waals surface area contributed by atoms with E-state index in [1.165, 1.54) is 0 Å². The molecule has 6 nitrogen and oxygen atoms in total. The van der Waals surface area contributed by atoms with Crippen LogP contribution >= 0.6 is 0 Å². The van der Waals surface area contributed by atoms with Gasteiger partial charge in [-0.1, -0.05) is 23.4 Å². The average Bonchev–Trinajstić information content (AvgIpc) is 2.25. The topological polar surface area (TPSA) is 89.5 Å². The van der Waals surface area contributed by atoms with Gasteiger partial charge in [-0.2, -0.15) is 21.6 Å². The molecule has 114 valence electrons. The first-order chi connectivity index (χ1) is 8.54. The predicted octanol–water partition coefficient (Wildman–Crippen LogP) is 1.27. The van der Waals surface area contributed by atoms with Crippen molar-refractivity contribution in [1.82, 2.24) is 4.13 Å². The summed E-state index contributed by atoms with van der Waals surface area (Å²) in [6.45, 7) is -0.317. The lowest BCUT2D eigenvalue weighted by molar-refractivity contribution is -0.0442. The monoisotopic (exact) mass is 325 g/mol. The molecule has 0 saturated heterocycles. The van der Waals surface area contributed by atoms with Gasteiger partial charge >= 0.3 is 25.8 Å². The minimum atomic E-state index is -5.97. The van der Waals surface area contributed by atoms with Crippen LogP contribution in [0.5, 0.6) is 0 Å². The van der Waals surface area contributed by atoms with Gasteiger partial charge in [0.15, 0.2) is 0 Å². The molecule has 1 N–H and O–H groups in total. The fraction of sp³-hybridized carbons (Fsp3) is 1.00. The van der Waals surface area contributed by atoms with Crippen molar-refractivity contribution in [3.8, 4) is 0 Å². The van der Waals surface area contributed by atoms with Crippen molar-refractivity contribution in [3.05, 3.63) is 0 Å². The van der Waals surface area contributed by atoms with Crippen molar-refractivity contribution in [3.63, 3.8) is 0 Å². The lowest BCUT2D eigenvalue weighted by atomic mass is 9.90. The van der Waals surface area contributed by atoms with E-state index in [0.29, 0.717) is 17.0 Å². The van der Waals surface area contributed by atoms with Gasteiger partial charge in [-0.15, -0.1) is 0 Å². The quantitative estimate of drug-likeness (QED) is 0.822. The Hall–Kier alpha value is -0.390. The first-order valence-corrected chi connectivity index (χ1v) is 8.42. The van der Waals surface area contributed by atoms with Crippen molar-refractivity contribution in [2.75, 3.05) is 6.61 Å². The zero-order chi connectivity index (χ0) is 14.7. The summed E-state index contributed by atoms with van der Waals surface area (Å²) in [4.78, 5) is 0. The molecule has 1 aliphatic carbocycles. The van der Waals surface area contributed by atoms with Crippen LogP contribution in [-0.4, -0.2) is 29.0 Å². The molecule has 0 aromatic heterocycles. The molecule has 0 atom stereocenters. The van der Waals surface area contributed by atoms with Crippen LogP contribution in [0.1, 0.15) is 32.1 Å².